The van der Waals surface area contributed by atoms with Crippen molar-refractivity contribution in [3.63, 3.8) is 0 Å². The van der Waals surface area contributed by atoms with Crippen molar-refractivity contribution in [2.75, 3.05) is 7.05 Å². The van der Waals surface area contributed by atoms with Crippen molar-refractivity contribution in [3.05, 3.63) is 89.0 Å². The van der Waals surface area contributed by atoms with Gasteiger partial charge < -0.3 is 15.2 Å². The Labute approximate surface area is 181 Å². The van der Waals surface area contributed by atoms with Crippen molar-refractivity contribution in [2.45, 2.75) is 19.6 Å². The minimum Gasteiger partial charge on any atom is -0.352 e. The number of benzene rings is 2. The number of halogens is 2. The number of imidazole rings is 1. The zero-order chi connectivity index (χ0) is 18.2. The van der Waals surface area contributed by atoms with Crippen LogP contribution in [0, 0.1) is 0 Å². The van der Waals surface area contributed by atoms with E-state index in [1.165, 1.54) is 11.1 Å². The molecule has 3 aromatic rings. The average molecular weight is 496 g/mol. The zero-order valence-electron chi connectivity index (χ0n) is 15.1. The summed E-state index contributed by atoms with van der Waals surface area (Å²) in [5.74, 6) is 0.766. The zero-order valence-corrected chi connectivity index (χ0v) is 18.2. The first kappa shape index (κ1) is 21.2. The standard InChI is InChI=1S/C20H22ClN5.HI/c1-22-20(25-13-17-6-8-19(21)9-7-17)24-12-16-2-4-18(5-3-16)14-26-11-10-23-15-26;/h2-11,15H,12-14H2,1H3,(H2,22,24,25);1H. The van der Waals surface area contributed by atoms with Gasteiger partial charge in [-0.15, -0.1) is 24.0 Å². The first-order valence-corrected chi connectivity index (χ1v) is 8.83. The minimum absolute atomic E-state index is 0. The van der Waals surface area contributed by atoms with E-state index in [4.69, 9.17) is 11.6 Å². The van der Waals surface area contributed by atoms with Gasteiger partial charge in [-0.05, 0) is 28.8 Å². The maximum absolute atomic E-state index is 5.91. The van der Waals surface area contributed by atoms with Gasteiger partial charge in [0, 0.05) is 44.1 Å². The second kappa shape index (κ2) is 10.9. The summed E-state index contributed by atoms with van der Waals surface area (Å²) >= 11 is 5.91. The number of aromatic nitrogens is 2. The van der Waals surface area contributed by atoms with Crippen LogP contribution in [0.1, 0.15) is 16.7 Å². The maximum atomic E-state index is 5.91. The Morgan fingerprint density at radius 3 is 2.04 bits per heavy atom. The summed E-state index contributed by atoms with van der Waals surface area (Å²) in [6.07, 6.45) is 5.58. The summed E-state index contributed by atoms with van der Waals surface area (Å²) in [5.41, 5.74) is 3.60. The van der Waals surface area contributed by atoms with E-state index in [1.54, 1.807) is 13.2 Å². The van der Waals surface area contributed by atoms with Crippen molar-refractivity contribution in [3.8, 4) is 0 Å². The fraction of sp³-hybridized carbons (Fsp3) is 0.200. The Morgan fingerprint density at radius 2 is 1.52 bits per heavy atom. The maximum Gasteiger partial charge on any atom is 0.191 e. The molecule has 3 rings (SSSR count). The molecule has 0 aliphatic carbocycles. The average Bonchev–Trinajstić information content (AvgIpc) is 3.17. The molecular weight excluding hydrogens is 473 g/mol. The van der Waals surface area contributed by atoms with Crippen LogP contribution in [0.4, 0.5) is 0 Å². The molecule has 0 amide bonds. The molecule has 27 heavy (non-hydrogen) atoms. The molecule has 2 aromatic carbocycles. The van der Waals surface area contributed by atoms with E-state index in [0.29, 0.717) is 13.1 Å². The van der Waals surface area contributed by atoms with Gasteiger partial charge in [-0.25, -0.2) is 4.98 Å². The van der Waals surface area contributed by atoms with Crippen molar-refractivity contribution in [1.82, 2.24) is 20.2 Å². The number of nitrogens with zero attached hydrogens (tertiary/aromatic N) is 3. The highest BCUT2D eigenvalue weighted by atomic mass is 127. The van der Waals surface area contributed by atoms with Crippen LogP contribution in [0.25, 0.3) is 0 Å². The second-order valence-electron chi connectivity index (χ2n) is 5.96. The summed E-state index contributed by atoms with van der Waals surface area (Å²) in [7, 11) is 1.77. The Balaban J connectivity index is 0.00000261. The predicted molar refractivity (Wildman–Crippen MR) is 122 cm³/mol. The number of hydrogen-bond donors (Lipinski definition) is 2. The van der Waals surface area contributed by atoms with Crippen LogP contribution in [-0.2, 0) is 19.6 Å². The summed E-state index contributed by atoms with van der Waals surface area (Å²) in [4.78, 5) is 8.33. The van der Waals surface area contributed by atoms with Gasteiger partial charge in [0.2, 0.25) is 0 Å². The van der Waals surface area contributed by atoms with Crippen molar-refractivity contribution < 1.29 is 0 Å². The normalized spacial score (nSPS) is 11.0. The number of aliphatic imine (C=N–C) groups is 1. The second-order valence-corrected chi connectivity index (χ2v) is 6.39. The van der Waals surface area contributed by atoms with Gasteiger partial charge in [-0.3, -0.25) is 4.99 Å². The first-order chi connectivity index (χ1) is 12.7. The van der Waals surface area contributed by atoms with E-state index in [-0.39, 0.29) is 24.0 Å². The van der Waals surface area contributed by atoms with Gasteiger partial charge in [-0.2, -0.15) is 0 Å². The molecule has 0 radical (unpaired) electrons. The van der Waals surface area contributed by atoms with E-state index >= 15 is 0 Å². The van der Waals surface area contributed by atoms with Gasteiger partial charge >= 0.3 is 0 Å². The van der Waals surface area contributed by atoms with E-state index in [1.807, 2.05) is 36.8 Å². The van der Waals surface area contributed by atoms with Crippen LogP contribution >= 0.6 is 35.6 Å². The third-order valence-electron chi connectivity index (χ3n) is 4.00. The minimum atomic E-state index is 0. The van der Waals surface area contributed by atoms with Gasteiger partial charge in [0.05, 0.1) is 6.33 Å². The van der Waals surface area contributed by atoms with E-state index in [9.17, 15) is 0 Å². The van der Waals surface area contributed by atoms with Crippen LogP contribution in [-0.4, -0.2) is 22.6 Å². The lowest BCUT2D eigenvalue weighted by Crippen LogP contribution is -2.36. The Morgan fingerprint density at radius 1 is 0.963 bits per heavy atom. The van der Waals surface area contributed by atoms with Gasteiger partial charge in [-0.1, -0.05) is 48.0 Å². The molecule has 0 aliphatic rings. The van der Waals surface area contributed by atoms with E-state index in [0.717, 1.165) is 23.1 Å². The lowest BCUT2D eigenvalue weighted by Gasteiger charge is -2.12. The molecule has 2 N–H and O–H groups in total. The lowest BCUT2D eigenvalue weighted by atomic mass is 10.1. The predicted octanol–water partition coefficient (Wildman–Crippen LogP) is 4.07. The molecule has 0 saturated carbocycles. The lowest BCUT2D eigenvalue weighted by molar-refractivity contribution is 0.792. The summed E-state index contributed by atoms with van der Waals surface area (Å²) in [5, 5.41) is 7.38. The molecule has 0 fully saturated rings. The van der Waals surface area contributed by atoms with Gasteiger partial charge in [0.15, 0.2) is 5.96 Å². The molecule has 7 heteroatoms. The smallest absolute Gasteiger partial charge is 0.191 e. The Kier molecular flexibility index (Phi) is 8.60. The monoisotopic (exact) mass is 495 g/mol. The van der Waals surface area contributed by atoms with Crippen molar-refractivity contribution in [1.29, 1.82) is 0 Å². The van der Waals surface area contributed by atoms with Crippen LogP contribution < -0.4 is 10.6 Å². The SMILES string of the molecule is CN=C(NCc1ccc(Cl)cc1)NCc1ccc(Cn2ccnc2)cc1.I. The molecule has 142 valence electrons. The molecule has 0 saturated heterocycles. The molecule has 0 atom stereocenters. The number of hydrogen-bond acceptors (Lipinski definition) is 2. The quantitative estimate of drug-likeness (QED) is 0.308. The topological polar surface area (TPSA) is 54.2 Å². The number of guanidine groups is 1. The number of rotatable bonds is 6. The van der Waals surface area contributed by atoms with Gasteiger partial charge in [0.1, 0.15) is 0 Å². The Bertz CT molecular complexity index is 830. The Hall–Kier alpha value is -2.06. The highest BCUT2D eigenvalue weighted by molar-refractivity contribution is 14.0. The van der Waals surface area contributed by atoms with Crippen LogP contribution in [0.5, 0.6) is 0 Å². The van der Waals surface area contributed by atoms with Crippen LogP contribution in [0.2, 0.25) is 5.02 Å². The fourth-order valence-electron chi connectivity index (χ4n) is 2.55. The number of nitrogens with one attached hydrogen (secondary N) is 2. The molecular formula is C20H23ClIN5. The van der Waals surface area contributed by atoms with Crippen molar-refractivity contribution >= 4 is 41.5 Å². The molecule has 1 heterocycles. The largest absolute Gasteiger partial charge is 0.352 e. The molecule has 0 bridgehead atoms. The summed E-state index contributed by atoms with van der Waals surface area (Å²) < 4.78 is 2.05. The van der Waals surface area contributed by atoms with E-state index < -0.39 is 0 Å². The first-order valence-electron chi connectivity index (χ1n) is 8.45. The molecule has 5 nitrogen and oxygen atoms in total. The molecule has 0 aliphatic heterocycles. The van der Waals surface area contributed by atoms with Crippen LogP contribution in [0.15, 0.2) is 72.2 Å². The van der Waals surface area contributed by atoms with Crippen LogP contribution in [0.3, 0.4) is 0 Å². The fourth-order valence-corrected chi connectivity index (χ4v) is 2.67. The highest BCUT2D eigenvalue weighted by Gasteiger charge is 2.00. The summed E-state index contributed by atoms with van der Waals surface area (Å²) in [6.45, 7) is 2.24. The third-order valence-corrected chi connectivity index (χ3v) is 4.26. The summed E-state index contributed by atoms with van der Waals surface area (Å²) in [6, 6.07) is 16.3. The van der Waals surface area contributed by atoms with Crippen molar-refractivity contribution in [2.24, 2.45) is 4.99 Å². The molecule has 0 spiro atoms. The van der Waals surface area contributed by atoms with E-state index in [2.05, 4.69) is 49.4 Å². The third kappa shape index (κ3) is 6.88. The molecule has 1 aromatic heterocycles. The van der Waals surface area contributed by atoms with Gasteiger partial charge in [0.25, 0.3) is 0 Å². The highest BCUT2D eigenvalue weighted by Crippen LogP contribution is 2.09. The molecule has 0 unspecified atom stereocenters.